The number of imidazole rings is 1. The van der Waals surface area contributed by atoms with Crippen LogP contribution in [0.25, 0.3) is 21.9 Å². The number of nitrogens with one attached hydrogen (secondary N) is 1. The maximum Gasteiger partial charge on any atom is 0.342 e. The van der Waals surface area contributed by atoms with Crippen LogP contribution in [0.1, 0.15) is 65.7 Å². The summed E-state index contributed by atoms with van der Waals surface area (Å²) in [6.07, 6.45) is 1.83. The summed E-state index contributed by atoms with van der Waals surface area (Å²) in [4.78, 5) is 22.0. The van der Waals surface area contributed by atoms with Crippen molar-refractivity contribution in [3.63, 3.8) is 0 Å². The molecule has 0 saturated heterocycles. The van der Waals surface area contributed by atoms with Gasteiger partial charge in [0.2, 0.25) is 0 Å². The van der Waals surface area contributed by atoms with Crippen molar-refractivity contribution < 1.29 is 28.1 Å². The number of para-hydroxylation sites is 2. The van der Waals surface area contributed by atoms with Gasteiger partial charge in [0.05, 0.1) is 17.1 Å². The van der Waals surface area contributed by atoms with Crippen molar-refractivity contribution in [2.45, 2.75) is 78.7 Å². The smallest absolute Gasteiger partial charge is 0.342 e. The lowest BCUT2D eigenvalue weighted by Crippen LogP contribution is -2.36. The van der Waals surface area contributed by atoms with Gasteiger partial charge in [-0.15, -0.1) is 0 Å². The van der Waals surface area contributed by atoms with E-state index < -0.39 is 19.5 Å². The molecule has 0 radical (unpaired) electrons. The Morgan fingerprint density at radius 3 is 2.43 bits per heavy atom. The predicted molar refractivity (Wildman–Crippen MR) is 173 cm³/mol. The number of anilines is 1. The average molecular weight is 626 g/mol. The number of nitrogen functional groups attached to an aromatic ring is 1. The zero-order valence-corrected chi connectivity index (χ0v) is 27.1. The molecule has 0 amide bonds. The van der Waals surface area contributed by atoms with Crippen LogP contribution in [0.5, 0.6) is 5.75 Å². The first-order valence-corrected chi connectivity index (χ1v) is 17.0. The van der Waals surface area contributed by atoms with Crippen LogP contribution < -0.4 is 15.3 Å². The van der Waals surface area contributed by atoms with E-state index in [1.54, 1.807) is 45.0 Å². The summed E-state index contributed by atoms with van der Waals surface area (Å²) >= 11 is 0. The molecule has 2 aromatic carbocycles. The minimum atomic E-state index is -3.67. The van der Waals surface area contributed by atoms with Gasteiger partial charge in [-0.3, -0.25) is 9.36 Å². The number of hydrogen-bond donors (Lipinski definition) is 2. The third-order valence-electron chi connectivity index (χ3n) is 7.00. The molecule has 2 aromatic heterocycles. The minimum Gasteiger partial charge on any atom is -0.462 e. The van der Waals surface area contributed by atoms with Crippen molar-refractivity contribution in [1.29, 1.82) is 0 Å². The molecular weight excluding hydrogens is 581 g/mol. The molecule has 0 saturated carbocycles. The SMILES string of the molecule is CCCC(CCOCP(=O)(NC(C)C(=O)OC(C)C)Oc1ccccc1)n1c(COCC)nc2c(N)nc3ccccc3c21. The van der Waals surface area contributed by atoms with Gasteiger partial charge in [0.25, 0.3) is 0 Å². The highest BCUT2D eigenvalue weighted by molar-refractivity contribution is 7.57. The van der Waals surface area contributed by atoms with Gasteiger partial charge >= 0.3 is 13.5 Å². The lowest BCUT2D eigenvalue weighted by molar-refractivity contribution is -0.149. The molecule has 44 heavy (non-hydrogen) atoms. The number of rotatable bonds is 17. The van der Waals surface area contributed by atoms with Gasteiger partial charge in [0.15, 0.2) is 5.82 Å². The zero-order chi connectivity index (χ0) is 31.7. The average Bonchev–Trinajstić information content (AvgIpc) is 3.38. The molecule has 0 fully saturated rings. The highest BCUT2D eigenvalue weighted by atomic mass is 31.2. The van der Waals surface area contributed by atoms with Crippen molar-refractivity contribution in [3.05, 3.63) is 60.4 Å². The topological polar surface area (TPSA) is 140 Å². The third kappa shape index (κ3) is 8.35. The van der Waals surface area contributed by atoms with Crippen molar-refractivity contribution in [3.8, 4) is 5.75 Å². The lowest BCUT2D eigenvalue weighted by atomic mass is 10.1. The molecule has 4 aromatic rings. The van der Waals surface area contributed by atoms with E-state index in [0.29, 0.717) is 36.7 Å². The van der Waals surface area contributed by atoms with Crippen molar-refractivity contribution in [1.82, 2.24) is 19.6 Å². The summed E-state index contributed by atoms with van der Waals surface area (Å²) in [5, 5.41) is 3.81. The van der Waals surface area contributed by atoms with E-state index in [2.05, 4.69) is 21.6 Å². The van der Waals surface area contributed by atoms with E-state index in [0.717, 1.165) is 35.1 Å². The maximum absolute atomic E-state index is 14.0. The largest absolute Gasteiger partial charge is 0.462 e. The lowest BCUT2D eigenvalue weighted by Gasteiger charge is -2.25. The molecule has 4 rings (SSSR count). The number of nitrogens with zero attached hydrogens (tertiary/aromatic N) is 3. The molecule has 3 N–H and O–H groups in total. The highest BCUT2D eigenvalue weighted by Gasteiger charge is 2.31. The Morgan fingerprint density at radius 1 is 1.00 bits per heavy atom. The van der Waals surface area contributed by atoms with Gasteiger partial charge in [-0.1, -0.05) is 49.7 Å². The van der Waals surface area contributed by atoms with E-state index in [1.807, 2.05) is 37.3 Å². The Morgan fingerprint density at radius 2 is 1.73 bits per heavy atom. The van der Waals surface area contributed by atoms with Gasteiger partial charge in [-0.2, -0.15) is 0 Å². The molecule has 2 heterocycles. The Labute approximate surface area is 258 Å². The molecule has 0 aliphatic carbocycles. The number of fused-ring (bicyclic) bond motifs is 3. The molecule has 11 nitrogen and oxygen atoms in total. The second-order valence-electron chi connectivity index (χ2n) is 10.9. The van der Waals surface area contributed by atoms with E-state index in [9.17, 15) is 9.36 Å². The molecule has 0 aliphatic rings. The number of ether oxygens (including phenoxy) is 3. The monoisotopic (exact) mass is 625 g/mol. The first-order valence-electron chi connectivity index (χ1n) is 15.2. The number of carbonyl (C=O) groups is 1. The zero-order valence-electron chi connectivity index (χ0n) is 26.2. The molecule has 0 bridgehead atoms. The van der Waals surface area contributed by atoms with Crippen LogP contribution in [0.4, 0.5) is 5.82 Å². The van der Waals surface area contributed by atoms with Crippen LogP contribution in [-0.4, -0.2) is 52.2 Å². The van der Waals surface area contributed by atoms with Gasteiger partial charge in [-0.05, 0) is 58.7 Å². The van der Waals surface area contributed by atoms with E-state index in [-0.39, 0.29) is 25.1 Å². The molecule has 0 spiro atoms. The molecule has 3 atom stereocenters. The summed E-state index contributed by atoms with van der Waals surface area (Å²) in [5.41, 5.74) is 8.75. The highest BCUT2D eigenvalue weighted by Crippen LogP contribution is 2.44. The standard InChI is InChI=1S/C32H44N5O6P/c1-6-13-24(37-28(20-40-7-2)35-29-30(37)26-16-11-12-17-27(26)34-31(29)33)18-19-41-21-44(39,43-25-14-9-8-10-15-25)36-23(5)32(38)42-22(3)4/h8-12,14-17,22-24H,6-7,13,18-21H2,1-5H3,(H2,33,34)(H,36,39). The number of aromatic nitrogens is 3. The van der Waals surface area contributed by atoms with Crippen LogP contribution in [0.2, 0.25) is 0 Å². The molecule has 238 valence electrons. The fourth-order valence-corrected chi connectivity index (χ4v) is 6.83. The number of hydrogen-bond acceptors (Lipinski definition) is 9. The van der Waals surface area contributed by atoms with Crippen LogP contribution in [0.3, 0.4) is 0 Å². The Kier molecular flexibility index (Phi) is 11.7. The fourth-order valence-electron chi connectivity index (χ4n) is 5.12. The number of benzene rings is 2. The van der Waals surface area contributed by atoms with Gasteiger partial charge in [-0.25, -0.2) is 15.1 Å². The molecule has 3 unspecified atom stereocenters. The third-order valence-corrected chi connectivity index (χ3v) is 8.81. The number of esters is 1. The fraction of sp³-hybridized carbons (Fsp3) is 0.469. The van der Waals surface area contributed by atoms with Crippen molar-refractivity contribution in [2.75, 3.05) is 25.3 Å². The first-order chi connectivity index (χ1) is 21.2. The first kappa shape index (κ1) is 33.4. The minimum absolute atomic E-state index is 0.00649. The van der Waals surface area contributed by atoms with Crippen molar-refractivity contribution in [2.24, 2.45) is 0 Å². The van der Waals surface area contributed by atoms with Gasteiger partial charge < -0.3 is 29.0 Å². The maximum atomic E-state index is 14.0. The van der Waals surface area contributed by atoms with Crippen LogP contribution in [0.15, 0.2) is 54.6 Å². The summed E-state index contributed by atoms with van der Waals surface area (Å²) in [7, 11) is -3.67. The van der Waals surface area contributed by atoms with Gasteiger partial charge in [0, 0.05) is 24.6 Å². The van der Waals surface area contributed by atoms with Crippen LogP contribution in [-0.2, 0) is 30.2 Å². The number of nitrogens with two attached hydrogens (primary N) is 1. The van der Waals surface area contributed by atoms with E-state index in [4.69, 9.17) is 29.5 Å². The number of pyridine rings is 1. The normalized spacial score (nSPS) is 14.5. The van der Waals surface area contributed by atoms with Crippen LogP contribution >= 0.6 is 7.52 Å². The van der Waals surface area contributed by atoms with Gasteiger partial charge in [0.1, 0.15) is 36.1 Å². The Bertz CT molecular complexity index is 1580. The summed E-state index contributed by atoms with van der Waals surface area (Å²) in [6.45, 7) is 10.4. The second-order valence-corrected chi connectivity index (χ2v) is 13.0. The molecule has 0 aliphatic heterocycles. The summed E-state index contributed by atoms with van der Waals surface area (Å²) < 4.78 is 39.2. The number of carbonyl (C=O) groups excluding carboxylic acids is 1. The predicted octanol–water partition coefficient (Wildman–Crippen LogP) is 6.61. The van der Waals surface area contributed by atoms with Crippen LogP contribution in [0, 0.1) is 0 Å². The Hall–Kier alpha value is -3.50. The molecule has 12 heteroatoms. The Balaban J connectivity index is 1.58. The van der Waals surface area contributed by atoms with Crippen molar-refractivity contribution >= 4 is 41.2 Å². The summed E-state index contributed by atoms with van der Waals surface area (Å²) in [5.74, 6) is 1.03. The van der Waals surface area contributed by atoms with E-state index >= 15 is 0 Å². The quantitative estimate of drug-likeness (QED) is 0.0748. The van der Waals surface area contributed by atoms with E-state index in [1.165, 1.54) is 0 Å². The summed E-state index contributed by atoms with van der Waals surface area (Å²) in [6, 6.07) is 15.8. The molecular formula is C32H44N5O6P. The second kappa shape index (κ2) is 15.5.